The van der Waals surface area contributed by atoms with E-state index in [1.165, 1.54) is 0 Å². The smallest absolute Gasteiger partial charge is 0.229 e. The topological polar surface area (TPSA) is 42.4 Å². The lowest BCUT2D eigenvalue weighted by Crippen LogP contribution is -2.31. The third-order valence-corrected chi connectivity index (χ3v) is 6.97. The van der Waals surface area contributed by atoms with Crippen LogP contribution in [0.4, 0.5) is 0 Å². The van der Waals surface area contributed by atoms with Crippen molar-refractivity contribution in [2.75, 3.05) is 7.11 Å². The molecule has 148 valence electrons. The second-order valence-electron chi connectivity index (χ2n) is 6.47. The predicted octanol–water partition coefficient (Wildman–Crippen LogP) is 5.71. The molecular weight excluding hydrogens is 420 g/mol. The van der Waals surface area contributed by atoms with E-state index >= 15 is 0 Å². The summed E-state index contributed by atoms with van der Waals surface area (Å²) in [6, 6.07) is 14.0. The SMILES string of the molecule is COc1ccccc1CN(Cc1cccs1)C(=O)Cc1csc(-c2ccsc2)n1. The Morgan fingerprint density at radius 1 is 1.03 bits per heavy atom. The number of hydrogen-bond donors (Lipinski definition) is 0. The fraction of sp³-hybridized carbons (Fsp3) is 0.182. The number of thiophene rings is 2. The highest BCUT2D eigenvalue weighted by molar-refractivity contribution is 7.14. The number of carbonyl (C=O) groups excluding carboxylic acids is 1. The van der Waals surface area contributed by atoms with E-state index in [-0.39, 0.29) is 5.91 Å². The van der Waals surface area contributed by atoms with Crippen LogP contribution in [0.25, 0.3) is 10.6 Å². The van der Waals surface area contributed by atoms with E-state index in [1.54, 1.807) is 41.1 Å². The summed E-state index contributed by atoms with van der Waals surface area (Å²) < 4.78 is 5.48. The first kappa shape index (κ1) is 19.8. The van der Waals surface area contributed by atoms with Crippen LogP contribution >= 0.6 is 34.0 Å². The zero-order valence-corrected chi connectivity index (χ0v) is 18.4. The molecule has 0 atom stereocenters. The molecule has 3 heterocycles. The molecule has 7 heteroatoms. The summed E-state index contributed by atoms with van der Waals surface area (Å²) in [5, 5.41) is 9.10. The van der Waals surface area contributed by atoms with Crippen molar-refractivity contribution in [3.05, 3.63) is 80.1 Å². The second-order valence-corrected chi connectivity index (χ2v) is 9.14. The van der Waals surface area contributed by atoms with Gasteiger partial charge in [0.2, 0.25) is 5.91 Å². The van der Waals surface area contributed by atoms with Crippen molar-refractivity contribution in [3.8, 4) is 16.3 Å². The lowest BCUT2D eigenvalue weighted by Gasteiger charge is -2.23. The summed E-state index contributed by atoms with van der Waals surface area (Å²) in [5.74, 6) is 0.858. The van der Waals surface area contributed by atoms with E-state index in [9.17, 15) is 4.79 Å². The molecule has 0 saturated carbocycles. The molecular formula is C22H20N2O2S3. The Morgan fingerprint density at radius 2 is 1.93 bits per heavy atom. The van der Waals surface area contributed by atoms with Gasteiger partial charge in [0, 0.05) is 33.3 Å². The van der Waals surface area contributed by atoms with Crippen molar-refractivity contribution in [2.45, 2.75) is 19.5 Å². The second kappa shape index (κ2) is 9.35. The summed E-state index contributed by atoms with van der Waals surface area (Å²) in [6.45, 7) is 1.08. The largest absolute Gasteiger partial charge is 0.496 e. The first-order valence-corrected chi connectivity index (χ1v) is 11.8. The lowest BCUT2D eigenvalue weighted by atomic mass is 10.1. The predicted molar refractivity (Wildman–Crippen MR) is 121 cm³/mol. The standard InChI is InChI=1S/C22H20N2O2S3/c1-26-20-7-3-2-5-16(20)12-24(13-19-6-4-9-28-19)21(25)11-18-15-29-22(23-18)17-8-10-27-14-17/h2-10,14-15H,11-13H2,1H3. The molecule has 0 unspecified atom stereocenters. The molecule has 0 aliphatic carbocycles. The van der Waals surface area contributed by atoms with E-state index < -0.39 is 0 Å². The molecule has 0 radical (unpaired) electrons. The zero-order valence-electron chi connectivity index (χ0n) is 15.9. The highest BCUT2D eigenvalue weighted by Crippen LogP contribution is 2.27. The normalized spacial score (nSPS) is 10.8. The van der Waals surface area contributed by atoms with Gasteiger partial charge in [-0.15, -0.1) is 22.7 Å². The summed E-state index contributed by atoms with van der Waals surface area (Å²) in [4.78, 5) is 20.9. The number of thiazole rings is 1. The van der Waals surface area contributed by atoms with Gasteiger partial charge < -0.3 is 9.64 Å². The van der Waals surface area contributed by atoms with Gasteiger partial charge in [0.05, 0.1) is 25.8 Å². The Balaban J connectivity index is 1.53. The molecule has 0 spiro atoms. The van der Waals surface area contributed by atoms with Crippen molar-refractivity contribution in [3.63, 3.8) is 0 Å². The van der Waals surface area contributed by atoms with Gasteiger partial charge in [-0.05, 0) is 29.0 Å². The third kappa shape index (κ3) is 4.93. The summed E-state index contributed by atoms with van der Waals surface area (Å²) in [6.07, 6.45) is 0.293. The monoisotopic (exact) mass is 440 g/mol. The van der Waals surface area contributed by atoms with Crippen molar-refractivity contribution in [2.24, 2.45) is 0 Å². The molecule has 4 rings (SSSR count). The van der Waals surface area contributed by atoms with Gasteiger partial charge in [-0.2, -0.15) is 11.3 Å². The van der Waals surface area contributed by atoms with Gasteiger partial charge in [-0.1, -0.05) is 24.3 Å². The van der Waals surface area contributed by atoms with Crippen LogP contribution in [0.1, 0.15) is 16.1 Å². The van der Waals surface area contributed by atoms with Crippen LogP contribution < -0.4 is 4.74 Å². The van der Waals surface area contributed by atoms with Gasteiger partial charge in [0.25, 0.3) is 0 Å². The molecule has 29 heavy (non-hydrogen) atoms. The molecule has 0 aliphatic rings. The quantitative estimate of drug-likeness (QED) is 0.352. The molecule has 0 fully saturated rings. The molecule has 4 aromatic rings. The summed E-state index contributed by atoms with van der Waals surface area (Å²) in [7, 11) is 1.66. The van der Waals surface area contributed by atoms with Gasteiger partial charge in [-0.3, -0.25) is 4.79 Å². The first-order valence-electron chi connectivity index (χ1n) is 9.12. The first-order chi connectivity index (χ1) is 14.2. The van der Waals surface area contributed by atoms with Gasteiger partial charge in [0.1, 0.15) is 10.8 Å². The Bertz CT molecular complexity index is 1060. The number of ether oxygens (including phenoxy) is 1. The zero-order chi connectivity index (χ0) is 20.1. The van der Waals surface area contributed by atoms with Gasteiger partial charge >= 0.3 is 0 Å². The number of methoxy groups -OCH3 is 1. The molecule has 0 saturated heterocycles. The number of benzene rings is 1. The van der Waals surface area contributed by atoms with Crippen LogP contribution in [0, 0.1) is 0 Å². The van der Waals surface area contributed by atoms with E-state index in [1.807, 2.05) is 51.4 Å². The lowest BCUT2D eigenvalue weighted by molar-refractivity contribution is -0.131. The maximum Gasteiger partial charge on any atom is 0.229 e. The van der Waals surface area contributed by atoms with Crippen molar-refractivity contribution in [1.29, 1.82) is 0 Å². The Labute approximate surface area is 182 Å². The Hall–Kier alpha value is -2.48. The van der Waals surface area contributed by atoms with Crippen LogP contribution in [-0.2, 0) is 24.3 Å². The fourth-order valence-electron chi connectivity index (χ4n) is 3.04. The van der Waals surface area contributed by atoms with E-state index in [0.717, 1.165) is 32.5 Å². The van der Waals surface area contributed by atoms with Crippen LogP contribution in [0.2, 0.25) is 0 Å². The Kier molecular flexibility index (Phi) is 6.39. The van der Waals surface area contributed by atoms with Crippen LogP contribution in [0.15, 0.2) is 64.0 Å². The fourth-order valence-corrected chi connectivity index (χ4v) is 5.29. The molecule has 0 bridgehead atoms. The maximum atomic E-state index is 13.2. The summed E-state index contributed by atoms with van der Waals surface area (Å²) >= 11 is 4.89. The van der Waals surface area contributed by atoms with E-state index in [4.69, 9.17) is 4.74 Å². The van der Waals surface area contributed by atoms with Crippen LogP contribution in [0.3, 0.4) is 0 Å². The average molecular weight is 441 g/mol. The molecule has 0 N–H and O–H groups in total. The van der Waals surface area contributed by atoms with Crippen molar-refractivity contribution >= 4 is 39.9 Å². The summed E-state index contributed by atoms with van der Waals surface area (Å²) in [5.41, 5.74) is 2.93. The van der Waals surface area contributed by atoms with Crippen LogP contribution in [0.5, 0.6) is 5.75 Å². The number of nitrogens with zero attached hydrogens (tertiary/aromatic N) is 2. The van der Waals surface area contributed by atoms with E-state index in [0.29, 0.717) is 19.5 Å². The minimum atomic E-state index is 0.0616. The number of aromatic nitrogens is 1. The molecule has 1 aromatic carbocycles. The van der Waals surface area contributed by atoms with Gasteiger partial charge in [-0.25, -0.2) is 4.98 Å². The molecule has 0 aliphatic heterocycles. The molecule has 4 nitrogen and oxygen atoms in total. The number of carbonyl (C=O) groups is 1. The average Bonchev–Trinajstić information content (AvgIpc) is 3.50. The highest BCUT2D eigenvalue weighted by atomic mass is 32.1. The van der Waals surface area contributed by atoms with Gasteiger partial charge in [0.15, 0.2) is 0 Å². The molecule has 1 amide bonds. The molecule has 3 aromatic heterocycles. The minimum Gasteiger partial charge on any atom is -0.496 e. The van der Waals surface area contributed by atoms with Crippen molar-refractivity contribution < 1.29 is 9.53 Å². The number of rotatable bonds is 8. The minimum absolute atomic E-state index is 0.0616. The van der Waals surface area contributed by atoms with E-state index in [2.05, 4.69) is 22.5 Å². The third-order valence-electron chi connectivity index (χ3n) is 4.49. The maximum absolute atomic E-state index is 13.2. The van der Waals surface area contributed by atoms with Crippen LogP contribution in [-0.4, -0.2) is 22.9 Å². The Morgan fingerprint density at radius 3 is 2.69 bits per heavy atom. The highest BCUT2D eigenvalue weighted by Gasteiger charge is 2.19. The number of hydrogen-bond acceptors (Lipinski definition) is 6. The number of amides is 1. The number of para-hydroxylation sites is 1. The van der Waals surface area contributed by atoms with Crippen molar-refractivity contribution in [1.82, 2.24) is 9.88 Å².